The molecule has 0 bridgehead atoms. The van der Waals surface area contributed by atoms with Crippen LogP contribution >= 0.6 is 0 Å². The van der Waals surface area contributed by atoms with Gasteiger partial charge in [-0.15, -0.1) is 0 Å². The highest BCUT2D eigenvalue weighted by molar-refractivity contribution is 5.79. The second-order valence-electron chi connectivity index (χ2n) is 3.52. The lowest BCUT2D eigenvalue weighted by atomic mass is 10.2. The normalized spacial score (nSPS) is 11.1. The van der Waals surface area contributed by atoms with Crippen molar-refractivity contribution >= 4 is 6.21 Å². The maximum absolute atomic E-state index is 8.36. The Labute approximate surface area is 84.0 Å². The molecule has 0 aliphatic rings. The average Bonchev–Trinajstić information content (AvgIpc) is 2.16. The lowest BCUT2D eigenvalue weighted by molar-refractivity contribution is 0.271. The lowest BCUT2D eigenvalue weighted by Gasteiger charge is -2.08. The van der Waals surface area contributed by atoms with Gasteiger partial charge in [-0.05, 0) is 23.6 Å². The molecule has 3 heteroatoms. The van der Waals surface area contributed by atoms with Crippen LogP contribution < -0.4 is 4.74 Å². The van der Waals surface area contributed by atoms with Crippen molar-refractivity contribution in [3.05, 3.63) is 29.8 Å². The number of rotatable bonds is 4. The van der Waals surface area contributed by atoms with Crippen LogP contribution in [0.3, 0.4) is 0 Å². The van der Waals surface area contributed by atoms with E-state index < -0.39 is 0 Å². The summed E-state index contributed by atoms with van der Waals surface area (Å²) in [5, 5.41) is 11.3. The zero-order valence-electron chi connectivity index (χ0n) is 8.47. The quantitative estimate of drug-likeness (QED) is 0.453. The molecule has 0 heterocycles. The van der Waals surface area contributed by atoms with Crippen LogP contribution in [0, 0.1) is 5.92 Å². The molecule has 0 spiro atoms. The van der Waals surface area contributed by atoms with E-state index in [0.717, 1.165) is 11.3 Å². The number of ether oxygens (including phenoxy) is 1. The molecule has 3 nitrogen and oxygen atoms in total. The van der Waals surface area contributed by atoms with Crippen LogP contribution in [0.4, 0.5) is 0 Å². The topological polar surface area (TPSA) is 41.8 Å². The smallest absolute Gasteiger partial charge is 0.119 e. The number of benzene rings is 1. The summed E-state index contributed by atoms with van der Waals surface area (Å²) in [7, 11) is 0. The van der Waals surface area contributed by atoms with Crippen LogP contribution in [0.25, 0.3) is 0 Å². The molecule has 0 fully saturated rings. The molecule has 0 aliphatic heterocycles. The fourth-order valence-electron chi connectivity index (χ4n) is 1.01. The van der Waals surface area contributed by atoms with E-state index in [-0.39, 0.29) is 0 Å². The van der Waals surface area contributed by atoms with Gasteiger partial charge in [0.1, 0.15) is 5.75 Å². The summed E-state index contributed by atoms with van der Waals surface area (Å²) in [5.74, 6) is 1.31. The second-order valence-corrected chi connectivity index (χ2v) is 3.52. The number of hydrogen-bond donors (Lipinski definition) is 1. The van der Waals surface area contributed by atoms with Gasteiger partial charge in [0.05, 0.1) is 12.8 Å². The van der Waals surface area contributed by atoms with Crippen molar-refractivity contribution in [2.24, 2.45) is 11.1 Å². The Balaban J connectivity index is 2.63. The monoisotopic (exact) mass is 193 g/mol. The highest BCUT2D eigenvalue weighted by Crippen LogP contribution is 2.12. The van der Waals surface area contributed by atoms with Crippen molar-refractivity contribution in [2.45, 2.75) is 13.8 Å². The molecule has 0 atom stereocenters. The maximum atomic E-state index is 8.36. The van der Waals surface area contributed by atoms with Gasteiger partial charge in [-0.1, -0.05) is 31.1 Å². The van der Waals surface area contributed by atoms with E-state index in [4.69, 9.17) is 9.94 Å². The zero-order chi connectivity index (χ0) is 10.4. The van der Waals surface area contributed by atoms with Gasteiger partial charge < -0.3 is 9.94 Å². The summed E-state index contributed by atoms with van der Waals surface area (Å²) in [6.45, 7) is 4.89. The Morgan fingerprint density at radius 1 is 1.50 bits per heavy atom. The predicted octanol–water partition coefficient (Wildman–Crippen LogP) is 2.53. The fourth-order valence-corrected chi connectivity index (χ4v) is 1.01. The first-order chi connectivity index (χ1) is 6.72. The van der Waals surface area contributed by atoms with Gasteiger partial charge in [-0.3, -0.25) is 0 Å². The highest BCUT2D eigenvalue weighted by Gasteiger charge is 1.97. The molecule has 1 N–H and O–H groups in total. The molecule has 1 aromatic rings. The third-order valence-corrected chi connectivity index (χ3v) is 1.65. The van der Waals surface area contributed by atoms with E-state index in [2.05, 4.69) is 19.0 Å². The number of oxime groups is 1. The van der Waals surface area contributed by atoms with E-state index in [1.807, 2.05) is 24.3 Å². The van der Waals surface area contributed by atoms with E-state index >= 15 is 0 Å². The first-order valence-electron chi connectivity index (χ1n) is 4.62. The van der Waals surface area contributed by atoms with Gasteiger partial charge >= 0.3 is 0 Å². The third-order valence-electron chi connectivity index (χ3n) is 1.65. The predicted molar refractivity (Wildman–Crippen MR) is 56.2 cm³/mol. The van der Waals surface area contributed by atoms with Crippen LogP contribution in [0.1, 0.15) is 19.4 Å². The summed E-state index contributed by atoms with van der Waals surface area (Å²) >= 11 is 0. The highest BCUT2D eigenvalue weighted by atomic mass is 16.5. The van der Waals surface area contributed by atoms with Crippen molar-refractivity contribution in [3.63, 3.8) is 0 Å². The van der Waals surface area contributed by atoms with Gasteiger partial charge in [0.15, 0.2) is 0 Å². The molecular formula is C11H15NO2. The molecule has 0 aliphatic carbocycles. The molecule has 0 saturated heterocycles. The van der Waals surface area contributed by atoms with Crippen LogP contribution in [-0.2, 0) is 0 Å². The van der Waals surface area contributed by atoms with E-state index in [0.29, 0.717) is 12.5 Å². The van der Waals surface area contributed by atoms with Gasteiger partial charge in [0.25, 0.3) is 0 Å². The molecular weight excluding hydrogens is 178 g/mol. The van der Waals surface area contributed by atoms with Gasteiger partial charge in [-0.25, -0.2) is 0 Å². The molecule has 0 aromatic heterocycles. The molecule has 0 amide bonds. The summed E-state index contributed by atoms with van der Waals surface area (Å²) in [4.78, 5) is 0. The van der Waals surface area contributed by atoms with Crippen LogP contribution in [-0.4, -0.2) is 18.0 Å². The zero-order valence-corrected chi connectivity index (χ0v) is 8.47. The van der Waals surface area contributed by atoms with Gasteiger partial charge in [-0.2, -0.15) is 0 Å². The molecule has 14 heavy (non-hydrogen) atoms. The first kappa shape index (κ1) is 10.6. The molecule has 76 valence electrons. The average molecular weight is 193 g/mol. The minimum Gasteiger partial charge on any atom is -0.493 e. The minimum absolute atomic E-state index is 0.505. The Bertz CT molecular complexity index is 308. The Morgan fingerprint density at radius 3 is 2.93 bits per heavy atom. The largest absolute Gasteiger partial charge is 0.493 e. The van der Waals surface area contributed by atoms with Crippen LogP contribution in [0.2, 0.25) is 0 Å². The molecule has 1 aromatic carbocycles. The fraction of sp³-hybridized carbons (Fsp3) is 0.364. The standard InChI is InChI=1S/C11H15NO2/c1-9(2)8-14-11-5-3-4-10(6-11)7-12-13/h3-7,9,13H,8H2,1-2H3/b12-7+. The van der Waals surface area contributed by atoms with Crippen molar-refractivity contribution in [2.75, 3.05) is 6.61 Å². The number of nitrogens with zero attached hydrogens (tertiary/aromatic N) is 1. The molecule has 0 unspecified atom stereocenters. The SMILES string of the molecule is CC(C)COc1cccc(/C=N/O)c1. The van der Waals surface area contributed by atoms with Crippen molar-refractivity contribution in [1.29, 1.82) is 0 Å². The minimum atomic E-state index is 0.505. The van der Waals surface area contributed by atoms with Gasteiger partial charge in [0, 0.05) is 0 Å². The summed E-state index contributed by atoms with van der Waals surface area (Å²) < 4.78 is 5.51. The lowest BCUT2D eigenvalue weighted by Crippen LogP contribution is -2.04. The van der Waals surface area contributed by atoms with E-state index in [1.165, 1.54) is 6.21 Å². The van der Waals surface area contributed by atoms with Crippen molar-refractivity contribution in [1.82, 2.24) is 0 Å². The summed E-state index contributed by atoms with van der Waals surface area (Å²) in [5.41, 5.74) is 0.828. The van der Waals surface area contributed by atoms with Crippen molar-refractivity contribution in [3.8, 4) is 5.75 Å². The van der Waals surface area contributed by atoms with E-state index in [1.54, 1.807) is 0 Å². The number of hydrogen-bond acceptors (Lipinski definition) is 3. The molecule has 1 rings (SSSR count). The molecule has 0 radical (unpaired) electrons. The van der Waals surface area contributed by atoms with Gasteiger partial charge in [0.2, 0.25) is 0 Å². The van der Waals surface area contributed by atoms with Crippen LogP contribution in [0.15, 0.2) is 29.4 Å². The maximum Gasteiger partial charge on any atom is 0.119 e. The first-order valence-corrected chi connectivity index (χ1v) is 4.62. The summed E-state index contributed by atoms with van der Waals surface area (Å²) in [6.07, 6.45) is 1.38. The van der Waals surface area contributed by atoms with E-state index in [9.17, 15) is 0 Å². The second kappa shape index (κ2) is 5.27. The Morgan fingerprint density at radius 2 is 2.29 bits per heavy atom. The van der Waals surface area contributed by atoms with Crippen molar-refractivity contribution < 1.29 is 9.94 Å². The Kier molecular flexibility index (Phi) is 3.98. The third kappa shape index (κ3) is 3.47. The Hall–Kier alpha value is -1.51. The van der Waals surface area contributed by atoms with Crippen LogP contribution in [0.5, 0.6) is 5.75 Å². The summed E-state index contributed by atoms with van der Waals surface area (Å²) in [6, 6.07) is 7.44. The molecule has 0 saturated carbocycles.